The van der Waals surface area contributed by atoms with E-state index in [4.69, 9.17) is 24.5 Å². The fourth-order valence-corrected chi connectivity index (χ4v) is 5.71. The van der Waals surface area contributed by atoms with Gasteiger partial charge in [0.2, 0.25) is 5.88 Å². The van der Waals surface area contributed by atoms with Crippen molar-refractivity contribution >= 4 is 27.0 Å². The molecule has 0 saturated carbocycles. The van der Waals surface area contributed by atoms with Gasteiger partial charge in [-0.1, -0.05) is 40.2 Å². The number of methoxy groups -OCH3 is 1. The maximum atomic E-state index is 16.1. The SMILES string of the molecule is COCCn1c([C@H](c2ccc(-c3cccc(OCc4ccc(C#N)cc4F)n3)cc2F)C2(O)COC2)nc2ccc(Br)cc21. The van der Waals surface area contributed by atoms with Gasteiger partial charge in [0.15, 0.2) is 0 Å². The molecule has 224 valence electrons. The number of ether oxygens (including phenoxy) is 3. The molecule has 1 fully saturated rings. The Balaban J connectivity index is 1.33. The van der Waals surface area contributed by atoms with Gasteiger partial charge in [-0.2, -0.15) is 5.26 Å². The van der Waals surface area contributed by atoms with Gasteiger partial charge < -0.3 is 23.9 Å². The van der Waals surface area contributed by atoms with Crippen molar-refractivity contribution in [2.24, 2.45) is 0 Å². The predicted molar refractivity (Wildman–Crippen MR) is 162 cm³/mol. The van der Waals surface area contributed by atoms with Crippen LogP contribution in [0, 0.1) is 23.0 Å². The van der Waals surface area contributed by atoms with Crippen LogP contribution in [0.4, 0.5) is 8.78 Å². The summed E-state index contributed by atoms with van der Waals surface area (Å²) < 4.78 is 49.7. The number of fused-ring (bicyclic) bond motifs is 1. The highest BCUT2D eigenvalue weighted by Gasteiger charge is 2.48. The number of hydrogen-bond acceptors (Lipinski definition) is 7. The van der Waals surface area contributed by atoms with Gasteiger partial charge in [0.1, 0.15) is 29.7 Å². The van der Waals surface area contributed by atoms with Crippen LogP contribution in [0.5, 0.6) is 5.88 Å². The van der Waals surface area contributed by atoms with Crippen LogP contribution in [-0.4, -0.2) is 52.2 Å². The minimum absolute atomic E-state index is 0.0385. The van der Waals surface area contributed by atoms with Crippen LogP contribution in [-0.2, 0) is 22.6 Å². The summed E-state index contributed by atoms with van der Waals surface area (Å²) in [5, 5.41) is 20.5. The van der Waals surface area contributed by atoms with Gasteiger partial charge in [-0.05, 0) is 42.5 Å². The molecule has 1 atom stereocenters. The Morgan fingerprint density at radius 2 is 1.91 bits per heavy atom. The zero-order valence-electron chi connectivity index (χ0n) is 23.6. The van der Waals surface area contributed by atoms with Crippen molar-refractivity contribution in [3.05, 3.63) is 111 Å². The van der Waals surface area contributed by atoms with Crippen LogP contribution >= 0.6 is 15.9 Å². The van der Waals surface area contributed by atoms with Crippen LogP contribution in [0.1, 0.15) is 28.4 Å². The van der Waals surface area contributed by atoms with Gasteiger partial charge in [-0.3, -0.25) is 0 Å². The number of aliphatic hydroxyl groups is 1. The molecule has 3 heterocycles. The van der Waals surface area contributed by atoms with Crippen molar-refractivity contribution in [1.29, 1.82) is 5.26 Å². The quantitative estimate of drug-likeness (QED) is 0.192. The van der Waals surface area contributed by atoms with Crippen LogP contribution in [0.2, 0.25) is 0 Å². The van der Waals surface area contributed by atoms with Crippen molar-refractivity contribution in [1.82, 2.24) is 14.5 Å². The lowest BCUT2D eigenvalue weighted by molar-refractivity contribution is -0.187. The lowest BCUT2D eigenvalue weighted by Crippen LogP contribution is -2.55. The number of hydrogen-bond donors (Lipinski definition) is 1. The molecule has 0 aliphatic carbocycles. The maximum Gasteiger partial charge on any atom is 0.214 e. The van der Waals surface area contributed by atoms with Crippen LogP contribution < -0.4 is 4.74 Å². The van der Waals surface area contributed by atoms with Crippen molar-refractivity contribution in [2.45, 2.75) is 24.7 Å². The van der Waals surface area contributed by atoms with Crippen molar-refractivity contribution in [3.8, 4) is 23.2 Å². The van der Waals surface area contributed by atoms with Gasteiger partial charge >= 0.3 is 0 Å². The minimum atomic E-state index is -1.36. The largest absolute Gasteiger partial charge is 0.473 e. The molecular formula is C33H27BrF2N4O4. The molecular weight excluding hydrogens is 634 g/mol. The Hall–Kier alpha value is -4.21. The zero-order chi connectivity index (χ0) is 30.8. The molecule has 1 aliphatic rings. The molecule has 44 heavy (non-hydrogen) atoms. The highest BCUT2D eigenvalue weighted by molar-refractivity contribution is 9.10. The number of aromatic nitrogens is 3. The summed E-state index contributed by atoms with van der Waals surface area (Å²) in [6.07, 6.45) is 0. The molecule has 3 aromatic carbocycles. The number of halogens is 3. The second-order valence-corrected chi connectivity index (χ2v) is 11.5. The molecule has 5 aromatic rings. The molecule has 11 heteroatoms. The topological polar surface area (TPSA) is 102 Å². The van der Waals surface area contributed by atoms with Gasteiger partial charge in [0.25, 0.3) is 0 Å². The lowest BCUT2D eigenvalue weighted by atomic mass is 9.79. The average Bonchev–Trinajstić information content (AvgIpc) is 3.36. The number of nitrogens with zero attached hydrogens (tertiary/aromatic N) is 4. The Morgan fingerprint density at radius 3 is 2.61 bits per heavy atom. The first-order valence-electron chi connectivity index (χ1n) is 13.8. The van der Waals surface area contributed by atoms with Crippen LogP contribution in [0.25, 0.3) is 22.3 Å². The smallest absolute Gasteiger partial charge is 0.214 e. The molecule has 0 amide bonds. The highest BCUT2D eigenvalue weighted by Crippen LogP contribution is 2.42. The fraction of sp³-hybridized carbons (Fsp3) is 0.242. The van der Waals surface area contributed by atoms with Gasteiger partial charge in [-0.25, -0.2) is 18.7 Å². The zero-order valence-corrected chi connectivity index (χ0v) is 25.2. The highest BCUT2D eigenvalue weighted by atomic mass is 79.9. The second-order valence-electron chi connectivity index (χ2n) is 10.6. The summed E-state index contributed by atoms with van der Waals surface area (Å²) >= 11 is 3.52. The van der Waals surface area contributed by atoms with Crippen molar-refractivity contribution in [3.63, 3.8) is 0 Å². The summed E-state index contributed by atoms with van der Waals surface area (Å²) in [6.45, 7) is 0.836. The second kappa shape index (κ2) is 12.4. The van der Waals surface area contributed by atoms with E-state index in [9.17, 15) is 9.50 Å². The monoisotopic (exact) mass is 660 g/mol. The summed E-state index contributed by atoms with van der Waals surface area (Å²) in [6, 6.07) is 21.6. The predicted octanol–water partition coefficient (Wildman–Crippen LogP) is 6.13. The molecule has 0 radical (unpaired) electrons. The van der Waals surface area contributed by atoms with E-state index in [0.29, 0.717) is 35.8 Å². The Bertz CT molecular complexity index is 1890. The Morgan fingerprint density at radius 1 is 1.07 bits per heavy atom. The molecule has 2 aromatic heterocycles. The lowest BCUT2D eigenvalue weighted by Gasteiger charge is -2.42. The summed E-state index contributed by atoms with van der Waals surface area (Å²) in [7, 11) is 1.61. The van der Waals surface area contributed by atoms with Crippen LogP contribution in [0.3, 0.4) is 0 Å². The third-order valence-corrected chi connectivity index (χ3v) is 8.14. The molecule has 1 N–H and O–H groups in total. The molecule has 1 aliphatic heterocycles. The Labute approximate surface area is 260 Å². The maximum absolute atomic E-state index is 16.1. The molecule has 0 bridgehead atoms. The van der Waals surface area contributed by atoms with E-state index < -0.39 is 23.2 Å². The van der Waals surface area contributed by atoms with Gasteiger partial charge in [0.05, 0.1) is 54.1 Å². The minimum Gasteiger partial charge on any atom is -0.473 e. The first-order valence-corrected chi connectivity index (χ1v) is 14.6. The van der Waals surface area contributed by atoms with Gasteiger partial charge in [0, 0.05) is 40.9 Å². The summed E-state index contributed by atoms with van der Waals surface area (Å²) in [4.78, 5) is 9.35. The van der Waals surface area contributed by atoms with E-state index in [1.807, 2.05) is 28.8 Å². The van der Waals surface area contributed by atoms with Crippen molar-refractivity contribution < 1.29 is 28.1 Å². The van der Waals surface area contributed by atoms with Crippen molar-refractivity contribution in [2.75, 3.05) is 26.9 Å². The first kappa shape index (κ1) is 29.8. The molecule has 0 unspecified atom stereocenters. The van der Waals surface area contributed by atoms with E-state index in [2.05, 4.69) is 20.9 Å². The Kier molecular flexibility index (Phi) is 8.42. The number of nitriles is 1. The van der Waals surface area contributed by atoms with E-state index in [0.717, 1.165) is 16.1 Å². The molecule has 6 rings (SSSR count). The first-order chi connectivity index (χ1) is 21.3. The van der Waals surface area contributed by atoms with E-state index in [-0.39, 0.29) is 42.4 Å². The van der Waals surface area contributed by atoms with E-state index in [1.54, 1.807) is 37.4 Å². The number of rotatable bonds is 10. The summed E-state index contributed by atoms with van der Waals surface area (Å²) in [5.41, 5.74) is 1.90. The fourth-order valence-electron chi connectivity index (χ4n) is 5.36. The molecule has 1 saturated heterocycles. The summed E-state index contributed by atoms with van der Waals surface area (Å²) in [5.74, 6) is -1.16. The third kappa shape index (κ3) is 5.81. The van der Waals surface area contributed by atoms with Crippen LogP contribution in [0.15, 0.2) is 77.3 Å². The average molecular weight is 662 g/mol. The number of pyridine rings is 1. The number of imidazole rings is 1. The third-order valence-electron chi connectivity index (χ3n) is 7.65. The normalized spacial score (nSPS) is 14.6. The van der Waals surface area contributed by atoms with E-state index >= 15 is 4.39 Å². The molecule has 0 spiro atoms. The number of benzene rings is 3. The van der Waals surface area contributed by atoms with Gasteiger partial charge in [-0.15, -0.1) is 0 Å². The molecule has 8 nitrogen and oxygen atoms in total. The van der Waals surface area contributed by atoms with E-state index in [1.165, 1.54) is 18.2 Å². The standard InChI is InChI=1S/C33H27BrF2N4O4/c1-42-12-11-40-29-15-23(34)8-10-28(29)39-32(40)31(33(41)18-43-19-33)24-9-7-21(14-26(24)36)27-3-2-4-30(38-27)44-17-22-6-5-20(16-37)13-25(22)35/h2-10,13-15,31,41H,11-12,17-19H2,1H3/t31-/m0/s1.